The van der Waals surface area contributed by atoms with Gasteiger partial charge in [0.1, 0.15) is 0 Å². The fourth-order valence-corrected chi connectivity index (χ4v) is 3.75. The monoisotopic (exact) mass is 490 g/mol. The van der Waals surface area contributed by atoms with E-state index in [2.05, 4.69) is 0 Å². The van der Waals surface area contributed by atoms with Crippen molar-refractivity contribution < 1.29 is 24.0 Å². The van der Waals surface area contributed by atoms with Crippen LogP contribution in [-0.2, 0) is 4.74 Å². The van der Waals surface area contributed by atoms with Crippen molar-refractivity contribution in [2.45, 2.75) is 6.92 Å². The molecule has 0 aliphatic heterocycles. The number of fused-ring (bicyclic) bond motifs is 1. The minimum atomic E-state index is -0.713. The van der Waals surface area contributed by atoms with Gasteiger partial charge in [-0.1, -0.05) is 41.9 Å². The summed E-state index contributed by atoms with van der Waals surface area (Å²) in [4.78, 5) is 41.0. The van der Waals surface area contributed by atoms with E-state index in [9.17, 15) is 19.7 Å². The third-order valence-corrected chi connectivity index (χ3v) is 5.68. The number of aromatic nitrogens is 1. The summed E-state index contributed by atoms with van der Waals surface area (Å²) >= 11 is 6.00. The van der Waals surface area contributed by atoms with Crippen molar-refractivity contribution in [1.29, 1.82) is 0 Å². The Labute approximate surface area is 205 Å². The predicted molar refractivity (Wildman–Crippen MR) is 131 cm³/mol. The number of benzene rings is 3. The van der Waals surface area contributed by atoms with Gasteiger partial charge in [0, 0.05) is 27.6 Å². The van der Waals surface area contributed by atoms with Crippen molar-refractivity contribution in [3.8, 4) is 17.0 Å². The fraction of sp³-hybridized carbons (Fsp3) is 0.115. The van der Waals surface area contributed by atoms with Gasteiger partial charge in [-0.15, -0.1) is 0 Å². The van der Waals surface area contributed by atoms with Gasteiger partial charge in [-0.3, -0.25) is 14.9 Å². The topological polar surface area (TPSA) is 109 Å². The highest BCUT2D eigenvalue weighted by atomic mass is 35.5. The number of methoxy groups -OCH3 is 1. The van der Waals surface area contributed by atoms with E-state index in [0.717, 1.165) is 17.2 Å². The summed E-state index contributed by atoms with van der Waals surface area (Å²) in [5, 5.41) is 12.4. The molecule has 0 atom stereocenters. The van der Waals surface area contributed by atoms with Crippen molar-refractivity contribution in [1.82, 2.24) is 4.98 Å². The van der Waals surface area contributed by atoms with Crippen LogP contribution in [-0.4, -0.2) is 35.4 Å². The Hall–Kier alpha value is -4.30. The molecule has 1 heterocycles. The van der Waals surface area contributed by atoms with Crippen LogP contribution in [0.1, 0.15) is 26.3 Å². The summed E-state index contributed by atoms with van der Waals surface area (Å²) in [6.45, 7) is 1.30. The number of pyridine rings is 1. The standard InChI is InChI=1S/C26H19ClN2O6/c1-15-4-3-5-19-20(13-21(28-25(15)19)16-6-9-18(27)10-7-16)26(31)35-14-23(30)17-8-11-24(34-2)22(12-17)29(32)33/h3-13H,14H2,1-2H3. The van der Waals surface area contributed by atoms with Crippen LogP contribution in [0.5, 0.6) is 5.75 Å². The van der Waals surface area contributed by atoms with Crippen molar-refractivity contribution in [3.63, 3.8) is 0 Å². The largest absolute Gasteiger partial charge is 0.490 e. The number of nitrogens with zero attached hydrogens (tertiary/aromatic N) is 2. The Morgan fingerprint density at radius 2 is 1.80 bits per heavy atom. The molecular formula is C26H19ClN2O6. The summed E-state index contributed by atoms with van der Waals surface area (Å²) in [6, 6.07) is 17.9. The molecule has 1 aromatic heterocycles. The summed E-state index contributed by atoms with van der Waals surface area (Å²) in [6.07, 6.45) is 0. The molecule has 0 aliphatic carbocycles. The lowest BCUT2D eigenvalue weighted by Gasteiger charge is -2.12. The first kappa shape index (κ1) is 23.8. The maximum Gasteiger partial charge on any atom is 0.339 e. The van der Waals surface area contributed by atoms with Gasteiger partial charge in [-0.2, -0.15) is 0 Å². The summed E-state index contributed by atoms with van der Waals surface area (Å²) in [5.74, 6) is -1.27. The highest BCUT2D eigenvalue weighted by Crippen LogP contribution is 2.29. The maximum atomic E-state index is 13.1. The number of para-hydroxylation sites is 1. The van der Waals surface area contributed by atoms with Gasteiger partial charge in [0.15, 0.2) is 12.4 Å². The lowest BCUT2D eigenvalue weighted by Crippen LogP contribution is -2.15. The molecule has 4 rings (SSSR count). The van der Waals surface area contributed by atoms with Gasteiger partial charge in [0.05, 0.1) is 28.8 Å². The van der Waals surface area contributed by atoms with Crippen molar-refractivity contribution in [2.24, 2.45) is 0 Å². The molecule has 0 bridgehead atoms. The second-order valence-electron chi connectivity index (χ2n) is 7.68. The minimum absolute atomic E-state index is 0.0249. The smallest absolute Gasteiger partial charge is 0.339 e. The molecule has 0 radical (unpaired) electrons. The first-order valence-electron chi connectivity index (χ1n) is 10.5. The molecule has 4 aromatic rings. The van der Waals surface area contributed by atoms with Crippen LogP contribution in [0.2, 0.25) is 5.02 Å². The second-order valence-corrected chi connectivity index (χ2v) is 8.11. The third-order valence-electron chi connectivity index (χ3n) is 5.43. The zero-order valence-corrected chi connectivity index (χ0v) is 19.5. The van der Waals surface area contributed by atoms with E-state index in [1.807, 2.05) is 13.0 Å². The highest BCUT2D eigenvalue weighted by Gasteiger charge is 2.21. The molecule has 0 unspecified atom stereocenters. The van der Waals surface area contributed by atoms with Crippen LogP contribution in [0.3, 0.4) is 0 Å². The van der Waals surface area contributed by atoms with Crippen LogP contribution in [0, 0.1) is 17.0 Å². The Kier molecular flexibility index (Phi) is 6.75. The number of ether oxygens (including phenoxy) is 2. The normalized spacial score (nSPS) is 10.7. The second kappa shape index (κ2) is 9.90. The summed E-state index contributed by atoms with van der Waals surface area (Å²) < 4.78 is 10.3. The van der Waals surface area contributed by atoms with Crippen LogP contribution >= 0.6 is 11.6 Å². The molecule has 0 amide bonds. The van der Waals surface area contributed by atoms with Crippen LogP contribution in [0.25, 0.3) is 22.2 Å². The number of carbonyl (C=O) groups is 2. The Balaban J connectivity index is 1.64. The molecule has 35 heavy (non-hydrogen) atoms. The molecule has 9 heteroatoms. The first-order valence-corrected chi connectivity index (χ1v) is 10.9. The Morgan fingerprint density at radius 1 is 1.06 bits per heavy atom. The van der Waals surface area contributed by atoms with E-state index in [1.165, 1.54) is 19.2 Å². The lowest BCUT2D eigenvalue weighted by atomic mass is 10.0. The zero-order valence-electron chi connectivity index (χ0n) is 18.8. The third kappa shape index (κ3) is 4.97. The molecule has 176 valence electrons. The summed E-state index contributed by atoms with van der Waals surface area (Å²) in [7, 11) is 1.30. The highest BCUT2D eigenvalue weighted by molar-refractivity contribution is 6.30. The van der Waals surface area contributed by atoms with Crippen molar-refractivity contribution in [2.75, 3.05) is 13.7 Å². The van der Waals surface area contributed by atoms with E-state index in [4.69, 9.17) is 26.1 Å². The van der Waals surface area contributed by atoms with Gasteiger partial charge < -0.3 is 9.47 Å². The molecular weight excluding hydrogens is 472 g/mol. The number of Topliss-reactive ketones (excluding diaryl/α,β-unsaturated/α-hetero) is 1. The minimum Gasteiger partial charge on any atom is -0.490 e. The molecule has 3 aromatic carbocycles. The van der Waals surface area contributed by atoms with Gasteiger partial charge in [0.25, 0.3) is 0 Å². The van der Waals surface area contributed by atoms with Gasteiger partial charge in [-0.05, 0) is 42.8 Å². The molecule has 8 nitrogen and oxygen atoms in total. The molecule has 0 spiro atoms. The van der Waals surface area contributed by atoms with Crippen molar-refractivity contribution in [3.05, 3.63) is 98.6 Å². The van der Waals surface area contributed by atoms with Crippen molar-refractivity contribution >= 4 is 39.9 Å². The predicted octanol–water partition coefficient (Wildman–Crippen LogP) is 5.82. The molecule has 0 saturated carbocycles. The number of esters is 1. The Bertz CT molecular complexity index is 1470. The Morgan fingerprint density at radius 3 is 2.49 bits per heavy atom. The quantitative estimate of drug-likeness (QED) is 0.139. The molecule has 0 aliphatic rings. The van der Waals surface area contributed by atoms with Crippen LogP contribution < -0.4 is 4.74 Å². The average Bonchev–Trinajstić information content (AvgIpc) is 2.86. The van der Waals surface area contributed by atoms with E-state index >= 15 is 0 Å². The number of hydrogen-bond acceptors (Lipinski definition) is 7. The average molecular weight is 491 g/mol. The number of halogens is 1. The number of carbonyl (C=O) groups excluding carboxylic acids is 2. The van der Waals surface area contributed by atoms with E-state index in [1.54, 1.807) is 42.5 Å². The maximum absolute atomic E-state index is 13.1. The SMILES string of the molecule is COc1ccc(C(=O)COC(=O)c2cc(-c3ccc(Cl)cc3)nc3c(C)cccc23)cc1[N+](=O)[O-]. The van der Waals surface area contributed by atoms with Crippen LogP contribution in [0.4, 0.5) is 5.69 Å². The number of ketones is 1. The van der Waals surface area contributed by atoms with Gasteiger partial charge in [0.2, 0.25) is 5.78 Å². The number of nitro groups is 1. The number of hydrogen-bond donors (Lipinski definition) is 0. The van der Waals surface area contributed by atoms with E-state index < -0.39 is 23.3 Å². The van der Waals surface area contributed by atoms with Gasteiger partial charge >= 0.3 is 11.7 Å². The first-order chi connectivity index (χ1) is 16.8. The molecule has 0 saturated heterocycles. The lowest BCUT2D eigenvalue weighted by molar-refractivity contribution is -0.385. The molecule has 0 N–H and O–H groups in total. The molecule has 0 fully saturated rings. The van der Waals surface area contributed by atoms with E-state index in [0.29, 0.717) is 21.6 Å². The number of rotatable bonds is 7. The summed E-state index contributed by atoms with van der Waals surface area (Å²) in [5.41, 5.74) is 2.73. The number of aryl methyl sites for hydroxylation is 1. The van der Waals surface area contributed by atoms with Gasteiger partial charge in [-0.25, -0.2) is 9.78 Å². The fourth-order valence-electron chi connectivity index (χ4n) is 3.63. The zero-order chi connectivity index (χ0) is 25.1. The number of nitro benzene ring substituents is 1. The van der Waals surface area contributed by atoms with Crippen LogP contribution in [0.15, 0.2) is 66.7 Å². The van der Waals surface area contributed by atoms with E-state index in [-0.39, 0.29) is 22.6 Å².